The van der Waals surface area contributed by atoms with Crippen molar-refractivity contribution in [2.45, 2.75) is 25.5 Å². The first-order valence-electron chi connectivity index (χ1n) is 4.26. The highest BCUT2D eigenvalue weighted by Gasteiger charge is 2.01. The van der Waals surface area contributed by atoms with Crippen LogP contribution in [-0.4, -0.2) is 11.4 Å². The Kier molecular flexibility index (Phi) is 4.06. The summed E-state index contributed by atoms with van der Waals surface area (Å²) in [6, 6.07) is 7.36. The SMILES string of the molecule is CCC(O)Oc1ccc(CCl)cc1. The number of ether oxygens (including phenoxy) is 1. The molecule has 1 unspecified atom stereocenters. The van der Waals surface area contributed by atoms with E-state index < -0.39 is 6.29 Å². The third kappa shape index (κ3) is 3.25. The summed E-state index contributed by atoms with van der Waals surface area (Å²) in [5.41, 5.74) is 1.04. The van der Waals surface area contributed by atoms with Gasteiger partial charge in [0.15, 0.2) is 6.29 Å². The lowest BCUT2D eigenvalue weighted by Crippen LogP contribution is -2.13. The topological polar surface area (TPSA) is 29.5 Å². The van der Waals surface area contributed by atoms with Gasteiger partial charge in [-0.3, -0.25) is 0 Å². The van der Waals surface area contributed by atoms with Gasteiger partial charge in [-0.05, 0) is 17.7 Å². The molecule has 0 aliphatic heterocycles. The van der Waals surface area contributed by atoms with Gasteiger partial charge in [-0.1, -0.05) is 19.1 Å². The van der Waals surface area contributed by atoms with Crippen LogP contribution in [0.3, 0.4) is 0 Å². The molecule has 1 rings (SSSR count). The van der Waals surface area contributed by atoms with Crippen molar-refractivity contribution in [1.29, 1.82) is 0 Å². The van der Waals surface area contributed by atoms with Crippen LogP contribution in [0.4, 0.5) is 0 Å². The van der Waals surface area contributed by atoms with E-state index in [9.17, 15) is 5.11 Å². The molecule has 1 aromatic rings. The van der Waals surface area contributed by atoms with Gasteiger partial charge in [0.2, 0.25) is 0 Å². The van der Waals surface area contributed by atoms with Crippen molar-refractivity contribution < 1.29 is 9.84 Å². The molecule has 2 nitrogen and oxygen atoms in total. The lowest BCUT2D eigenvalue weighted by atomic mass is 10.2. The molecular formula is C10H13ClO2. The van der Waals surface area contributed by atoms with Crippen molar-refractivity contribution >= 4 is 11.6 Å². The number of alkyl halides is 1. The number of aliphatic hydroxyl groups is 1. The molecule has 0 aliphatic rings. The summed E-state index contributed by atoms with van der Waals surface area (Å²) in [6.07, 6.45) is -0.140. The minimum atomic E-state index is -0.721. The molecule has 1 aromatic carbocycles. The molecule has 0 fully saturated rings. The van der Waals surface area contributed by atoms with Gasteiger partial charge < -0.3 is 9.84 Å². The molecule has 0 radical (unpaired) electrons. The largest absolute Gasteiger partial charge is 0.465 e. The van der Waals surface area contributed by atoms with Crippen LogP contribution in [0, 0.1) is 0 Å². The number of benzene rings is 1. The Morgan fingerprint density at radius 3 is 2.46 bits per heavy atom. The molecule has 0 saturated heterocycles. The Morgan fingerprint density at radius 1 is 1.38 bits per heavy atom. The maximum atomic E-state index is 9.19. The zero-order valence-electron chi connectivity index (χ0n) is 7.53. The molecule has 1 atom stereocenters. The average Bonchev–Trinajstić information content (AvgIpc) is 2.19. The van der Waals surface area contributed by atoms with Crippen molar-refractivity contribution in [3.8, 4) is 5.75 Å². The normalized spacial score (nSPS) is 12.5. The molecule has 72 valence electrons. The number of aliphatic hydroxyl groups excluding tert-OH is 1. The Morgan fingerprint density at radius 2 is 2.00 bits per heavy atom. The highest BCUT2D eigenvalue weighted by molar-refractivity contribution is 6.17. The van der Waals surface area contributed by atoms with Crippen LogP contribution >= 0.6 is 11.6 Å². The van der Waals surface area contributed by atoms with Gasteiger partial charge in [0, 0.05) is 12.3 Å². The fraction of sp³-hybridized carbons (Fsp3) is 0.400. The first kappa shape index (κ1) is 10.4. The molecule has 0 saturated carbocycles. The van der Waals surface area contributed by atoms with E-state index in [1.165, 1.54) is 0 Å². The van der Waals surface area contributed by atoms with Crippen LogP contribution in [0.15, 0.2) is 24.3 Å². The van der Waals surface area contributed by atoms with Crippen molar-refractivity contribution in [3.63, 3.8) is 0 Å². The predicted molar refractivity (Wildman–Crippen MR) is 52.9 cm³/mol. The standard InChI is InChI=1S/C10H13ClO2/c1-2-10(12)13-9-5-3-8(7-11)4-6-9/h3-6,10,12H,2,7H2,1H3. The van der Waals surface area contributed by atoms with Crippen LogP contribution in [0.2, 0.25) is 0 Å². The number of hydrogen-bond acceptors (Lipinski definition) is 2. The summed E-state index contributed by atoms with van der Waals surface area (Å²) in [5.74, 6) is 1.17. The molecular weight excluding hydrogens is 188 g/mol. The lowest BCUT2D eigenvalue weighted by molar-refractivity contribution is -0.0191. The van der Waals surface area contributed by atoms with E-state index in [2.05, 4.69) is 0 Å². The molecule has 3 heteroatoms. The lowest BCUT2D eigenvalue weighted by Gasteiger charge is -2.11. The van der Waals surface area contributed by atoms with E-state index in [0.717, 1.165) is 5.56 Å². The molecule has 0 spiro atoms. The average molecular weight is 201 g/mol. The summed E-state index contributed by atoms with van der Waals surface area (Å²) in [4.78, 5) is 0. The summed E-state index contributed by atoms with van der Waals surface area (Å²) in [6.45, 7) is 1.86. The van der Waals surface area contributed by atoms with Crippen LogP contribution in [0.5, 0.6) is 5.75 Å². The number of hydrogen-bond donors (Lipinski definition) is 1. The molecule has 1 N–H and O–H groups in total. The van der Waals surface area contributed by atoms with Gasteiger partial charge in [0.05, 0.1) is 0 Å². The van der Waals surface area contributed by atoms with Gasteiger partial charge in [0.1, 0.15) is 5.75 Å². The van der Waals surface area contributed by atoms with E-state index in [4.69, 9.17) is 16.3 Å². The van der Waals surface area contributed by atoms with Gasteiger partial charge in [0.25, 0.3) is 0 Å². The molecule has 0 bridgehead atoms. The first-order chi connectivity index (χ1) is 6.26. The zero-order chi connectivity index (χ0) is 9.68. The van der Waals surface area contributed by atoms with Gasteiger partial charge in [-0.2, -0.15) is 0 Å². The summed E-state index contributed by atoms with van der Waals surface area (Å²) in [5, 5.41) is 9.19. The second-order valence-corrected chi connectivity index (χ2v) is 3.03. The maximum absolute atomic E-state index is 9.19. The van der Waals surface area contributed by atoms with Gasteiger partial charge in [-0.15, -0.1) is 11.6 Å². The van der Waals surface area contributed by atoms with Crippen molar-refractivity contribution in [2.75, 3.05) is 0 Å². The quantitative estimate of drug-likeness (QED) is 0.598. The Hall–Kier alpha value is -0.730. The fourth-order valence-electron chi connectivity index (χ4n) is 0.898. The van der Waals surface area contributed by atoms with Crippen molar-refractivity contribution in [2.24, 2.45) is 0 Å². The van der Waals surface area contributed by atoms with Crippen LogP contribution in [-0.2, 0) is 5.88 Å². The molecule has 0 amide bonds. The minimum Gasteiger partial charge on any atom is -0.465 e. The van der Waals surface area contributed by atoms with Crippen LogP contribution in [0.1, 0.15) is 18.9 Å². The Balaban J connectivity index is 2.58. The second-order valence-electron chi connectivity index (χ2n) is 2.76. The Bertz CT molecular complexity index is 246. The highest BCUT2D eigenvalue weighted by atomic mass is 35.5. The Labute approximate surface area is 83.1 Å². The molecule has 0 heterocycles. The minimum absolute atomic E-state index is 0.497. The van der Waals surface area contributed by atoms with E-state index in [-0.39, 0.29) is 0 Å². The first-order valence-corrected chi connectivity index (χ1v) is 4.79. The predicted octanol–water partition coefficient (Wildman–Crippen LogP) is 2.53. The third-order valence-corrected chi connectivity index (χ3v) is 2.01. The summed E-state index contributed by atoms with van der Waals surface area (Å²) < 4.78 is 5.18. The monoisotopic (exact) mass is 200 g/mol. The fourth-order valence-corrected chi connectivity index (χ4v) is 1.08. The summed E-state index contributed by atoms with van der Waals surface area (Å²) in [7, 11) is 0. The zero-order valence-corrected chi connectivity index (χ0v) is 8.29. The van der Waals surface area contributed by atoms with Gasteiger partial charge in [-0.25, -0.2) is 0 Å². The highest BCUT2D eigenvalue weighted by Crippen LogP contribution is 2.15. The molecule has 0 aliphatic carbocycles. The maximum Gasteiger partial charge on any atom is 0.197 e. The van der Waals surface area contributed by atoms with E-state index in [1.54, 1.807) is 12.1 Å². The molecule has 13 heavy (non-hydrogen) atoms. The molecule has 0 aromatic heterocycles. The van der Waals surface area contributed by atoms with Crippen molar-refractivity contribution in [3.05, 3.63) is 29.8 Å². The summed E-state index contributed by atoms with van der Waals surface area (Å²) >= 11 is 5.62. The second kappa shape index (κ2) is 5.10. The number of halogens is 1. The van der Waals surface area contributed by atoms with Crippen LogP contribution in [0.25, 0.3) is 0 Å². The number of rotatable bonds is 4. The van der Waals surface area contributed by atoms with E-state index in [0.29, 0.717) is 18.1 Å². The van der Waals surface area contributed by atoms with Crippen LogP contribution < -0.4 is 4.74 Å². The third-order valence-electron chi connectivity index (χ3n) is 1.70. The smallest absolute Gasteiger partial charge is 0.197 e. The van der Waals surface area contributed by atoms with E-state index >= 15 is 0 Å². The van der Waals surface area contributed by atoms with Crippen molar-refractivity contribution in [1.82, 2.24) is 0 Å². The van der Waals surface area contributed by atoms with Gasteiger partial charge >= 0.3 is 0 Å². The van der Waals surface area contributed by atoms with E-state index in [1.807, 2.05) is 19.1 Å².